The van der Waals surface area contributed by atoms with E-state index in [9.17, 15) is 0 Å². The van der Waals surface area contributed by atoms with Gasteiger partial charge < -0.3 is 0 Å². The van der Waals surface area contributed by atoms with E-state index in [1.807, 2.05) is 18.2 Å². The molecule has 0 amide bonds. The summed E-state index contributed by atoms with van der Waals surface area (Å²) in [6.07, 6.45) is 9.77. The molecule has 0 aliphatic rings. The zero-order valence-electron chi connectivity index (χ0n) is 10.8. The molecule has 2 aromatic carbocycles. The molecule has 0 heteroatoms. The highest BCUT2D eigenvalue weighted by Crippen LogP contribution is 2.18. The van der Waals surface area contributed by atoms with E-state index in [4.69, 9.17) is 6.42 Å². The van der Waals surface area contributed by atoms with Gasteiger partial charge in [-0.25, -0.2) is 0 Å². The van der Waals surface area contributed by atoms with Crippen LogP contribution >= 0.6 is 0 Å². The number of aryl methyl sites for hydroxylation is 2. The molecule has 0 atom stereocenters. The monoisotopic (exact) mass is 232 g/mol. The van der Waals surface area contributed by atoms with Crippen molar-refractivity contribution >= 4 is 12.2 Å². The molecule has 0 unspecified atom stereocenters. The summed E-state index contributed by atoms with van der Waals surface area (Å²) in [5, 5.41) is 0. The summed E-state index contributed by atoms with van der Waals surface area (Å²) in [6.45, 7) is 4.15. The average molecular weight is 232 g/mol. The first-order valence-electron chi connectivity index (χ1n) is 6.01. The zero-order valence-corrected chi connectivity index (χ0v) is 10.8. The number of terminal acetylenes is 1. The molecule has 0 aromatic heterocycles. The third-order valence-corrected chi connectivity index (χ3v) is 2.91. The molecule has 18 heavy (non-hydrogen) atoms. The standard InChI is InChI=1S/C18H16/c1-4-18-15(3)12-14(2)13-17(18)11-10-16-8-6-5-7-9-16/h1,5-13H,2-3H3/b11-10+. The van der Waals surface area contributed by atoms with Crippen LogP contribution in [0.1, 0.15) is 27.8 Å². The quantitative estimate of drug-likeness (QED) is 0.530. The summed E-state index contributed by atoms with van der Waals surface area (Å²) in [4.78, 5) is 0. The van der Waals surface area contributed by atoms with E-state index in [0.29, 0.717) is 0 Å². The van der Waals surface area contributed by atoms with Crippen LogP contribution in [0.4, 0.5) is 0 Å². The normalized spacial score (nSPS) is 10.5. The molecule has 0 nitrogen and oxygen atoms in total. The second kappa shape index (κ2) is 5.38. The zero-order chi connectivity index (χ0) is 13.0. The number of hydrogen-bond donors (Lipinski definition) is 0. The number of hydrogen-bond acceptors (Lipinski definition) is 0. The molecule has 2 aromatic rings. The summed E-state index contributed by atoms with van der Waals surface area (Å²) in [6, 6.07) is 14.5. The fraction of sp³-hybridized carbons (Fsp3) is 0.111. The molecule has 0 aliphatic carbocycles. The predicted octanol–water partition coefficient (Wildman–Crippen LogP) is 4.46. The van der Waals surface area contributed by atoms with Crippen LogP contribution in [0.2, 0.25) is 0 Å². The minimum Gasteiger partial charge on any atom is -0.115 e. The van der Waals surface area contributed by atoms with Gasteiger partial charge in [-0.1, -0.05) is 66.1 Å². The van der Waals surface area contributed by atoms with Crippen molar-refractivity contribution in [2.45, 2.75) is 13.8 Å². The maximum absolute atomic E-state index is 5.59. The van der Waals surface area contributed by atoms with Crippen LogP contribution < -0.4 is 0 Å². The largest absolute Gasteiger partial charge is 0.115 e. The minimum absolute atomic E-state index is 0.979. The first kappa shape index (κ1) is 12.2. The summed E-state index contributed by atoms with van der Waals surface area (Å²) in [5.74, 6) is 2.78. The van der Waals surface area contributed by atoms with Crippen molar-refractivity contribution in [3.05, 3.63) is 70.3 Å². The first-order valence-corrected chi connectivity index (χ1v) is 6.01. The Labute approximate surface area is 109 Å². The topological polar surface area (TPSA) is 0 Å². The van der Waals surface area contributed by atoms with E-state index >= 15 is 0 Å². The summed E-state index contributed by atoms with van der Waals surface area (Å²) < 4.78 is 0. The van der Waals surface area contributed by atoms with E-state index in [0.717, 1.165) is 16.7 Å². The van der Waals surface area contributed by atoms with Crippen molar-refractivity contribution < 1.29 is 0 Å². The Morgan fingerprint density at radius 3 is 2.39 bits per heavy atom. The third-order valence-electron chi connectivity index (χ3n) is 2.91. The predicted molar refractivity (Wildman–Crippen MR) is 79.2 cm³/mol. The van der Waals surface area contributed by atoms with Crippen LogP contribution in [0.25, 0.3) is 12.2 Å². The molecule has 0 aliphatic heterocycles. The van der Waals surface area contributed by atoms with E-state index in [1.54, 1.807) is 0 Å². The molecule has 0 bridgehead atoms. The Balaban J connectivity index is 2.41. The van der Waals surface area contributed by atoms with E-state index < -0.39 is 0 Å². The Bertz CT molecular complexity index is 610. The molecular weight excluding hydrogens is 216 g/mol. The van der Waals surface area contributed by atoms with Crippen LogP contribution in [0, 0.1) is 26.2 Å². The van der Waals surface area contributed by atoms with Crippen molar-refractivity contribution in [1.29, 1.82) is 0 Å². The summed E-state index contributed by atoms with van der Waals surface area (Å²) >= 11 is 0. The molecule has 0 fully saturated rings. The van der Waals surface area contributed by atoms with Crippen LogP contribution in [0.15, 0.2) is 42.5 Å². The second-order valence-corrected chi connectivity index (χ2v) is 4.43. The van der Waals surface area contributed by atoms with Gasteiger partial charge in [-0.3, -0.25) is 0 Å². The fourth-order valence-electron chi connectivity index (χ4n) is 2.08. The number of benzene rings is 2. The van der Waals surface area contributed by atoms with Crippen LogP contribution in [-0.4, -0.2) is 0 Å². The average Bonchev–Trinajstić information content (AvgIpc) is 2.37. The van der Waals surface area contributed by atoms with Crippen LogP contribution in [0.3, 0.4) is 0 Å². The molecule has 0 N–H and O–H groups in total. The molecule has 88 valence electrons. The highest BCUT2D eigenvalue weighted by atomic mass is 14.0. The first-order chi connectivity index (χ1) is 8.70. The fourth-order valence-corrected chi connectivity index (χ4v) is 2.08. The lowest BCUT2D eigenvalue weighted by molar-refractivity contribution is 1.35. The summed E-state index contributed by atoms with van der Waals surface area (Å²) in [5.41, 5.74) is 5.66. The van der Waals surface area contributed by atoms with Crippen molar-refractivity contribution in [3.8, 4) is 12.3 Å². The lowest BCUT2D eigenvalue weighted by Gasteiger charge is -2.05. The van der Waals surface area contributed by atoms with Crippen molar-refractivity contribution in [1.82, 2.24) is 0 Å². The SMILES string of the molecule is C#Cc1c(C)cc(C)cc1/C=C/c1ccccc1. The van der Waals surface area contributed by atoms with E-state index in [2.05, 4.69) is 56.2 Å². The van der Waals surface area contributed by atoms with Gasteiger partial charge in [-0.05, 0) is 30.5 Å². The number of rotatable bonds is 2. The molecule has 0 saturated heterocycles. The van der Waals surface area contributed by atoms with Crippen molar-refractivity contribution in [3.63, 3.8) is 0 Å². The van der Waals surface area contributed by atoms with Crippen molar-refractivity contribution in [2.75, 3.05) is 0 Å². The Morgan fingerprint density at radius 1 is 1.00 bits per heavy atom. The lowest BCUT2D eigenvalue weighted by Crippen LogP contribution is -1.89. The molecule has 0 radical (unpaired) electrons. The highest BCUT2D eigenvalue weighted by Gasteiger charge is 2.01. The smallest absolute Gasteiger partial charge is 0.0344 e. The molecule has 0 spiro atoms. The lowest BCUT2D eigenvalue weighted by atomic mass is 9.98. The van der Waals surface area contributed by atoms with Gasteiger partial charge in [0.15, 0.2) is 0 Å². The molecular formula is C18H16. The van der Waals surface area contributed by atoms with E-state index in [1.165, 1.54) is 11.1 Å². The maximum Gasteiger partial charge on any atom is 0.0344 e. The van der Waals surface area contributed by atoms with Crippen LogP contribution in [0.5, 0.6) is 0 Å². The minimum atomic E-state index is 0.979. The highest BCUT2D eigenvalue weighted by molar-refractivity contribution is 5.74. The van der Waals surface area contributed by atoms with Gasteiger partial charge in [0.2, 0.25) is 0 Å². The Kier molecular flexibility index (Phi) is 3.65. The molecule has 0 saturated carbocycles. The second-order valence-electron chi connectivity index (χ2n) is 4.43. The summed E-state index contributed by atoms with van der Waals surface area (Å²) in [7, 11) is 0. The molecule has 0 heterocycles. The van der Waals surface area contributed by atoms with Gasteiger partial charge >= 0.3 is 0 Å². The van der Waals surface area contributed by atoms with Crippen molar-refractivity contribution in [2.24, 2.45) is 0 Å². The Hall–Kier alpha value is -2.26. The molecule has 2 rings (SSSR count). The van der Waals surface area contributed by atoms with Gasteiger partial charge in [-0.15, -0.1) is 6.42 Å². The van der Waals surface area contributed by atoms with Gasteiger partial charge in [-0.2, -0.15) is 0 Å². The maximum atomic E-state index is 5.59. The van der Waals surface area contributed by atoms with Gasteiger partial charge in [0.25, 0.3) is 0 Å². The third kappa shape index (κ3) is 2.70. The Morgan fingerprint density at radius 2 is 1.72 bits per heavy atom. The van der Waals surface area contributed by atoms with Gasteiger partial charge in [0.1, 0.15) is 0 Å². The van der Waals surface area contributed by atoms with Crippen LogP contribution in [-0.2, 0) is 0 Å². The van der Waals surface area contributed by atoms with Gasteiger partial charge in [0, 0.05) is 5.56 Å². The van der Waals surface area contributed by atoms with E-state index in [-0.39, 0.29) is 0 Å². The van der Waals surface area contributed by atoms with Gasteiger partial charge in [0.05, 0.1) is 0 Å².